The van der Waals surface area contributed by atoms with Crippen LogP contribution in [0, 0.1) is 6.92 Å². The lowest BCUT2D eigenvalue weighted by Crippen LogP contribution is -2.50. The number of hydrogen-bond acceptors (Lipinski definition) is 8. The molecule has 0 saturated carbocycles. The molecule has 13 heteroatoms. The van der Waals surface area contributed by atoms with E-state index in [0.29, 0.717) is 54.5 Å². The summed E-state index contributed by atoms with van der Waals surface area (Å²) in [6, 6.07) is 4.39. The lowest BCUT2D eigenvalue weighted by atomic mass is 10.2. The highest BCUT2D eigenvalue weighted by Crippen LogP contribution is 2.31. The minimum atomic E-state index is -4.03. The van der Waals surface area contributed by atoms with Crippen molar-refractivity contribution in [2.75, 3.05) is 53.4 Å². The first-order chi connectivity index (χ1) is 18.1. The second-order valence-electron chi connectivity index (χ2n) is 9.46. The number of carbonyl (C=O) groups excluding carboxylic acids is 1. The fourth-order valence-corrected chi connectivity index (χ4v) is 5.64. The van der Waals surface area contributed by atoms with Gasteiger partial charge in [0.2, 0.25) is 15.9 Å². The maximum absolute atomic E-state index is 13.5. The van der Waals surface area contributed by atoms with Crippen LogP contribution < -0.4 is 10.3 Å². The molecule has 4 rings (SSSR count). The molecule has 1 fully saturated rings. The van der Waals surface area contributed by atoms with Crippen molar-refractivity contribution in [2.24, 2.45) is 0 Å². The quantitative estimate of drug-likeness (QED) is 0.423. The van der Waals surface area contributed by atoms with Gasteiger partial charge in [-0.25, -0.2) is 17.9 Å². The zero-order valence-corrected chi connectivity index (χ0v) is 23.3. The number of imidazole rings is 1. The van der Waals surface area contributed by atoms with Crippen LogP contribution in [-0.4, -0.2) is 101 Å². The topological polar surface area (TPSA) is 133 Å². The number of benzene rings is 1. The van der Waals surface area contributed by atoms with Crippen molar-refractivity contribution >= 4 is 21.4 Å². The molecule has 2 aromatic heterocycles. The lowest BCUT2D eigenvalue weighted by Gasteiger charge is -2.33. The molecule has 0 unspecified atom stereocenters. The molecular formula is C25H35N7O5S. The van der Waals surface area contributed by atoms with Crippen LogP contribution in [0.5, 0.6) is 5.75 Å². The highest BCUT2D eigenvalue weighted by molar-refractivity contribution is 7.89. The maximum atomic E-state index is 13.5. The number of hydrogen-bond donors (Lipinski definition) is 1. The van der Waals surface area contributed by atoms with Crippen molar-refractivity contribution in [3.63, 3.8) is 0 Å². The van der Waals surface area contributed by atoms with Crippen molar-refractivity contribution in [3.05, 3.63) is 40.1 Å². The van der Waals surface area contributed by atoms with Crippen molar-refractivity contribution in [1.82, 2.24) is 33.7 Å². The van der Waals surface area contributed by atoms with E-state index in [2.05, 4.69) is 20.0 Å². The Morgan fingerprint density at radius 2 is 1.89 bits per heavy atom. The summed E-state index contributed by atoms with van der Waals surface area (Å²) in [5.41, 5.74) is 0.857. The SMILES string of the molecule is CCCc1nc(C)c2c(=O)[nH]c(-c3cc(S(=O)(=O)N(C)CC(=O)N4CCN(C)CC4)ccc3OCC)nn12. The Morgan fingerprint density at radius 3 is 2.55 bits per heavy atom. The van der Waals surface area contributed by atoms with E-state index in [1.807, 2.05) is 20.9 Å². The van der Waals surface area contributed by atoms with Crippen LogP contribution in [-0.2, 0) is 21.2 Å². The number of fused-ring (bicyclic) bond motifs is 1. The second-order valence-corrected chi connectivity index (χ2v) is 11.5. The van der Waals surface area contributed by atoms with Crippen LogP contribution in [0.2, 0.25) is 0 Å². The highest BCUT2D eigenvalue weighted by Gasteiger charge is 2.28. The summed E-state index contributed by atoms with van der Waals surface area (Å²) in [5, 5.41) is 4.62. The first-order valence-corrected chi connectivity index (χ1v) is 14.2. The minimum Gasteiger partial charge on any atom is -0.493 e. The first kappa shape index (κ1) is 27.7. The molecule has 1 amide bonds. The number of aromatic amines is 1. The standard InChI is InChI=1S/C25H35N7O5S/c1-6-8-21-26-17(3)23-25(34)27-24(28-32(21)23)19-15-18(9-10-20(19)37-7-2)38(35,36)30(5)16-22(33)31-13-11-29(4)12-14-31/h9-10,15H,6-8,11-14,16H2,1-5H3,(H,27,28,34). The van der Waals surface area contributed by atoms with E-state index in [-0.39, 0.29) is 28.7 Å². The van der Waals surface area contributed by atoms with Gasteiger partial charge in [-0.15, -0.1) is 5.10 Å². The Kier molecular flexibility index (Phi) is 8.19. The van der Waals surface area contributed by atoms with Gasteiger partial charge in [-0.3, -0.25) is 9.59 Å². The zero-order valence-electron chi connectivity index (χ0n) is 22.5. The summed E-state index contributed by atoms with van der Waals surface area (Å²) in [5.74, 6) is 0.940. The number of aromatic nitrogens is 4. The van der Waals surface area contributed by atoms with Crippen LogP contribution in [0.25, 0.3) is 16.9 Å². The van der Waals surface area contributed by atoms with Crippen LogP contribution in [0.3, 0.4) is 0 Å². The molecule has 12 nitrogen and oxygen atoms in total. The molecule has 3 aromatic rings. The number of nitrogens with one attached hydrogen (secondary N) is 1. The molecule has 0 aliphatic carbocycles. The van der Waals surface area contributed by atoms with Crippen LogP contribution >= 0.6 is 0 Å². The number of ether oxygens (including phenoxy) is 1. The van der Waals surface area contributed by atoms with E-state index >= 15 is 0 Å². The Labute approximate surface area is 222 Å². The fourth-order valence-electron chi connectivity index (χ4n) is 4.49. The fraction of sp³-hybridized carbons (Fsp3) is 0.520. The summed E-state index contributed by atoms with van der Waals surface area (Å²) in [6.45, 7) is 8.25. The molecule has 0 bridgehead atoms. The molecule has 0 spiro atoms. The van der Waals surface area contributed by atoms with E-state index in [0.717, 1.165) is 23.8 Å². The lowest BCUT2D eigenvalue weighted by molar-refractivity contribution is -0.132. The Balaban J connectivity index is 1.71. The van der Waals surface area contributed by atoms with Crippen molar-refractivity contribution in [1.29, 1.82) is 0 Å². The summed E-state index contributed by atoms with van der Waals surface area (Å²) in [6.07, 6.45) is 1.45. The molecule has 3 heterocycles. The predicted molar refractivity (Wildman–Crippen MR) is 143 cm³/mol. The molecule has 206 valence electrons. The maximum Gasteiger partial charge on any atom is 0.277 e. The number of aryl methyl sites for hydroxylation is 2. The third-order valence-electron chi connectivity index (χ3n) is 6.64. The van der Waals surface area contributed by atoms with Crippen LogP contribution in [0.1, 0.15) is 31.8 Å². The minimum absolute atomic E-state index is 0.0389. The molecule has 1 aliphatic heterocycles. The van der Waals surface area contributed by atoms with Crippen molar-refractivity contribution < 1.29 is 17.9 Å². The van der Waals surface area contributed by atoms with Crippen LogP contribution in [0.4, 0.5) is 0 Å². The number of nitrogens with zero attached hydrogens (tertiary/aromatic N) is 6. The van der Waals surface area contributed by atoms with Crippen LogP contribution in [0.15, 0.2) is 27.9 Å². The number of amides is 1. The highest BCUT2D eigenvalue weighted by atomic mass is 32.2. The van der Waals surface area contributed by atoms with E-state index < -0.39 is 10.0 Å². The largest absolute Gasteiger partial charge is 0.493 e. The van der Waals surface area contributed by atoms with Crippen molar-refractivity contribution in [2.45, 2.75) is 38.5 Å². The van der Waals surface area contributed by atoms with E-state index in [4.69, 9.17) is 4.74 Å². The molecule has 1 aromatic carbocycles. The third-order valence-corrected chi connectivity index (χ3v) is 8.44. The summed E-state index contributed by atoms with van der Waals surface area (Å²) in [7, 11) is -0.658. The Morgan fingerprint density at radius 1 is 1.18 bits per heavy atom. The molecule has 1 saturated heterocycles. The average Bonchev–Trinajstić information content (AvgIpc) is 3.20. The molecule has 1 aliphatic rings. The molecule has 38 heavy (non-hydrogen) atoms. The smallest absolute Gasteiger partial charge is 0.277 e. The van der Waals surface area contributed by atoms with Gasteiger partial charge in [-0.05, 0) is 45.5 Å². The predicted octanol–water partition coefficient (Wildman–Crippen LogP) is 1.14. The van der Waals surface area contributed by atoms with Gasteiger partial charge < -0.3 is 19.5 Å². The number of H-pyrrole nitrogens is 1. The summed E-state index contributed by atoms with van der Waals surface area (Å²) in [4.78, 5) is 36.8. The number of rotatable bonds is 9. The molecule has 1 N–H and O–H groups in total. The number of likely N-dealkylation sites (N-methyl/N-ethyl adjacent to an activating group) is 2. The van der Waals surface area contributed by atoms with Gasteiger partial charge in [0.15, 0.2) is 11.3 Å². The average molecular weight is 546 g/mol. The Bertz CT molecular complexity index is 1490. The molecule has 0 radical (unpaired) electrons. The molecular weight excluding hydrogens is 510 g/mol. The summed E-state index contributed by atoms with van der Waals surface area (Å²) >= 11 is 0. The van der Waals surface area contributed by atoms with Gasteiger partial charge >= 0.3 is 0 Å². The number of carbonyl (C=O) groups is 1. The van der Waals surface area contributed by atoms with Gasteiger partial charge in [0.1, 0.15) is 11.6 Å². The Hall–Kier alpha value is -3.29. The third kappa shape index (κ3) is 5.45. The van der Waals surface area contributed by atoms with Gasteiger partial charge in [0.05, 0.1) is 29.3 Å². The summed E-state index contributed by atoms with van der Waals surface area (Å²) < 4.78 is 35.3. The normalized spacial score (nSPS) is 14.9. The number of piperazine rings is 1. The van der Waals surface area contributed by atoms with E-state index in [1.54, 1.807) is 11.8 Å². The first-order valence-electron chi connectivity index (χ1n) is 12.7. The van der Waals surface area contributed by atoms with E-state index in [1.165, 1.54) is 29.8 Å². The zero-order chi connectivity index (χ0) is 27.6. The molecule has 0 atom stereocenters. The van der Waals surface area contributed by atoms with E-state index in [9.17, 15) is 18.0 Å². The second kappa shape index (κ2) is 11.2. The van der Waals surface area contributed by atoms with Gasteiger partial charge in [0.25, 0.3) is 5.56 Å². The van der Waals surface area contributed by atoms with Gasteiger partial charge in [0, 0.05) is 39.6 Å². The van der Waals surface area contributed by atoms with Gasteiger partial charge in [-0.1, -0.05) is 6.92 Å². The monoisotopic (exact) mass is 545 g/mol. The van der Waals surface area contributed by atoms with Crippen molar-refractivity contribution in [3.8, 4) is 17.1 Å². The number of sulfonamides is 1. The van der Waals surface area contributed by atoms with Gasteiger partial charge in [-0.2, -0.15) is 4.31 Å².